The second-order valence-electron chi connectivity index (χ2n) is 3.95. The van der Waals surface area contributed by atoms with Crippen LogP contribution in [0.5, 0.6) is 0 Å². The van der Waals surface area contributed by atoms with Crippen LogP contribution in [0, 0.1) is 0 Å². The first kappa shape index (κ1) is 12.2. The minimum Gasteiger partial charge on any atom is -0.356 e. The van der Waals surface area contributed by atoms with Crippen molar-refractivity contribution in [3.63, 3.8) is 0 Å². The van der Waals surface area contributed by atoms with Crippen LogP contribution in [0.1, 0.15) is 0 Å². The molecular weight excluding hydrogens is 283 g/mol. The largest absolute Gasteiger partial charge is 0.356 e. The van der Waals surface area contributed by atoms with Gasteiger partial charge in [-0.25, -0.2) is 0 Å². The van der Waals surface area contributed by atoms with Gasteiger partial charge in [0, 0.05) is 29.6 Å². The van der Waals surface area contributed by atoms with E-state index in [1.165, 1.54) is 0 Å². The van der Waals surface area contributed by atoms with Crippen molar-refractivity contribution in [1.82, 2.24) is 10.1 Å². The van der Waals surface area contributed by atoms with Crippen LogP contribution in [0.4, 0.5) is 0 Å². The highest BCUT2D eigenvalue weighted by Crippen LogP contribution is 2.30. The van der Waals surface area contributed by atoms with E-state index < -0.39 is 0 Å². The summed E-state index contributed by atoms with van der Waals surface area (Å²) in [6.45, 7) is 0. The molecule has 0 saturated carbocycles. The molecule has 0 fully saturated rings. The fourth-order valence-electron chi connectivity index (χ4n) is 1.71. The number of aromatic nitrogens is 2. The number of benzene rings is 1. The Balaban J connectivity index is 1.99. The fourth-order valence-corrected chi connectivity index (χ4v) is 2.01. The average Bonchev–Trinajstić information content (AvgIpc) is 2.93. The predicted molar refractivity (Wildman–Crippen MR) is 75.2 cm³/mol. The van der Waals surface area contributed by atoms with E-state index in [-0.39, 0.29) is 0 Å². The summed E-state index contributed by atoms with van der Waals surface area (Å²) in [5.41, 5.74) is 2.46. The van der Waals surface area contributed by atoms with Gasteiger partial charge in [-0.05, 0) is 30.3 Å². The number of pyridine rings is 1. The molecule has 19 heavy (non-hydrogen) atoms. The first-order valence-corrected chi connectivity index (χ1v) is 6.32. The van der Waals surface area contributed by atoms with Crippen LogP contribution < -0.4 is 0 Å². The lowest BCUT2D eigenvalue weighted by molar-refractivity contribution is 0.435. The molecule has 0 radical (unpaired) electrons. The highest BCUT2D eigenvalue weighted by molar-refractivity contribution is 6.42. The maximum absolute atomic E-state index is 5.98. The summed E-state index contributed by atoms with van der Waals surface area (Å²) in [6, 6.07) is 10.9. The van der Waals surface area contributed by atoms with Gasteiger partial charge in [-0.2, -0.15) is 0 Å². The molecule has 0 spiro atoms. The third-order valence-corrected chi connectivity index (χ3v) is 3.41. The van der Waals surface area contributed by atoms with Gasteiger partial charge in [-0.3, -0.25) is 4.98 Å². The van der Waals surface area contributed by atoms with E-state index in [1.54, 1.807) is 24.5 Å². The Hall–Kier alpha value is -1.84. The van der Waals surface area contributed by atoms with E-state index in [0.717, 1.165) is 16.8 Å². The van der Waals surface area contributed by atoms with E-state index in [4.69, 9.17) is 27.7 Å². The van der Waals surface area contributed by atoms with Crippen molar-refractivity contribution in [2.45, 2.75) is 0 Å². The Morgan fingerprint density at radius 1 is 0.947 bits per heavy atom. The molecule has 2 aromatic heterocycles. The number of nitrogens with zero attached hydrogens (tertiary/aromatic N) is 2. The molecule has 0 aliphatic carbocycles. The molecule has 5 heteroatoms. The highest BCUT2D eigenvalue weighted by Gasteiger charge is 2.10. The zero-order chi connectivity index (χ0) is 13.2. The highest BCUT2D eigenvalue weighted by atomic mass is 35.5. The van der Waals surface area contributed by atoms with E-state index >= 15 is 0 Å². The van der Waals surface area contributed by atoms with Crippen LogP contribution in [0.15, 0.2) is 53.3 Å². The molecule has 0 atom stereocenters. The van der Waals surface area contributed by atoms with Gasteiger partial charge in [0.05, 0.1) is 10.0 Å². The van der Waals surface area contributed by atoms with Gasteiger partial charge in [0.15, 0.2) is 5.76 Å². The smallest absolute Gasteiger partial charge is 0.167 e. The predicted octanol–water partition coefficient (Wildman–Crippen LogP) is 4.71. The van der Waals surface area contributed by atoms with Gasteiger partial charge < -0.3 is 4.52 Å². The van der Waals surface area contributed by atoms with E-state index in [0.29, 0.717) is 15.8 Å². The molecule has 0 unspecified atom stereocenters. The molecule has 1 aromatic carbocycles. The van der Waals surface area contributed by atoms with E-state index in [1.807, 2.05) is 24.3 Å². The fraction of sp³-hybridized carbons (Fsp3) is 0. The van der Waals surface area contributed by atoms with Crippen molar-refractivity contribution in [1.29, 1.82) is 0 Å². The van der Waals surface area contributed by atoms with Crippen LogP contribution >= 0.6 is 23.2 Å². The Bertz CT molecular complexity index is 710. The summed E-state index contributed by atoms with van der Waals surface area (Å²) < 4.78 is 5.32. The maximum Gasteiger partial charge on any atom is 0.167 e. The van der Waals surface area contributed by atoms with Crippen LogP contribution in [0.2, 0.25) is 10.0 Å². The minimum absolute atomic E-state index is 0.485. The Kier molecular flexibility index (Phi) is 3.23. The molecule has 0 aliphatic heterocycles. The Morgan fingerprint density at radius 3 is 2.58 bits per heavy atom. The lowest BCUT2D eigenvalue weighted by Crippen LogP contribution is -1.77. The second-order valence-corrected chi connectivity index (χ2v) is 4.76. The van der Waals surface area contributed by atoms with Crippen LogP contribution in [0.3, 0.4) is 0 Å². The quantitative estimate of drug-likeness (QED) is 0.686. The van der Waals surface area contributed by atoms with Crippen molar-refractivity contribution in [2.24, 2.45) is 0 Å². The molecule has 3 rings (SSSR count). The number of halogens is 2. The Morgan fingerprint density at radius 2 is 1.84 bits per heavy atom. The summed E-state index contributed by atoms with van der Waals surface area (Å²) in [7, 11) is 0. The summed E-state index contributed by atoms with van der Waals surface area (Å²) in [4.78, 5) is 4.05. The SMILES string of the molecule is Clc1ccc(-c2cc(-c3cccnc3)no2)cc1Cl. The number of hydrogen-bond donors (Lipinski definition) is 0. The van der Waals surface area contributed by atoms with E-state index in [9.17, 15) is 0 Å². The zero-order valence-electron chi connectivity index (χ0n) is 9.68. The number of hydrogen-bond acceptors (Lipinski definition) is 3. The van der Waals surface area contributed by atoms with Gasteiger partial charge in [0.2, 0.25) is 0 Å². The molecular formula is C14H8Cl2N2O. The Labute approximate surface area is 119 Å². The summed E-state index contributed by atoms with van der Waals surface area (Å²) in [6.07, 6.45) is 3.44. The monoisotopic (exact) mass is 290 g/mol. The molecule has 0 aliphatic rings. The summed E-state index contributed by atoms with van der Waals surface area (Å²) in [5, 5.41) is 5.02. The molecule has 94 valence electrons. The maximum atomic E-state index is 5.98. The standard InChI is InChI=1S/C14H8Cl2N2O/c15-11-4-3-9(6-12(11)16)14-7-13(18-19-14)10-2-1-5-17-8-10/h1-8H. The van der Waals surface area contributed by atoms with Crippen molar-refractivity contribution < 1.29 is 4.52 Å². The van der Waals surface area contributed by atoms with Crippen LogP contribution in [0.25, 0.3) is 22.6 Å². The van der Waals surface area contributed by atoms with Gasteiger partial charge in [0.25, 0.3) is 0 Å². The normalized spacial score (nSPS) is 10.6. The van der Waals surface area contributed by atoms with Crippen molar-refractivity contribution in [2.75, 3.05) is 0 Å². The van der Waals surface area contributed by atoms with Crippen LogP contribution in [-0.2, 0) is 0 Å². The minimum atomic E-state index is 0.485. The first-order valence-electron chi connectivity index (χ1n) is 5.56. The van der Waals surface area contributed by atoms with Crippen molar-refractivity contribution >= 4 is 23.2 Å². The molecule has 3 nitrogen and oxygen atoms in total. The second kappa shape index (κ2) is 5.03. The van der Waals surface area contributed by atoms with Crippen molar-refractivity contribution in [3.8, 4) is 22.6 Å². The molecule has 2 heterocycles. The molecule has 0 saturated heterocycles. The molecule has 3 aromatic rings. The third kappa shape index (κ3) is 2.48. The van der Waals surface area contributed by atoms with Gasteiger partial charge in [-0.15, -0.1) is 0 Å². The lowest BCUT2D eigenvalue weighted by atomic mass is 10.1. The number of rotatable bonds is 2. The van der Waals surface area contributed by atoms with Gasteiger partial charge in [-0.1, -0.05) is 28.4 Å². The molecule has 0 amide bonds. The average molecular weight is 291 g/mol. The molecule has 0 N–H and O–H groups in total. The first-order chi connectivity index (χ1) is 9.24. The van der Waals surface area contributed by atoms with Crippen LogP contribution in [-0.4, -0.2) is 10.1 Å². The zero-order valence-corrected chi connectivity index (χ0v) is 11.2. The van der Waals surface area contributed by atoms with E-state index in [2.05, 4.69) is 10.1 Å². The lowest BCUT2D eigenvalue weighted by Gasteiger charge is -1.98. The van der Waals surface area contributed by atoms with Crippen molar-refractivity contribution in [3.05, 3.63) is 58.8 Å². The van der Waals surface area contributed by atoms with Gasteiger partial charge in [0.1, 0.15) is 5.69 Å². The molecule has 0 bridgehead atoms. The topological polar surface area (TPSA) is 38.9 Å². The third-order valence-electron chi connectivity index (χ3n) is 2.67. The summed E-state index contributed by atoms with van der Waals surface area (Å²) in [5.74, 6) is 0.636. The summed E-state index contributed by atoms with van der Waals surface area (Å²) >= 11 is 11.9. The van der Waals surface area contributed by atoms with Gasteiger partial charge >= 0.3 is 0 Å².